The van der Waals surface area contributed by atoms with E-state index in [-0.39, 0.29) is 11.8 Å². The number of anilines is 1. The largest absolute Gasteiger partial charge is 0.453 e. The third kappa shape index (κ3) is 2.79. The minimum atomic E-state index is -4.63. The molecule has 3 rings (SSSR count). The lowest BCUT2D eigenvalue weighted by atomic mass is 10.1. The fourth-order valence-corrected chi connectivity index (χ4v) is 2.61. The topological polar surface area (TPSA) is 81.1 Å². The molecule has 1 atom stereocenters. The molecule has 7 nitrogen and oxygen atoms in total. The summed E-state index contributed by atoms with van der Waals surface area (Å²) in [5, 5.41) is 10.5. The second kappa shape index (κ2) is 5.46. The Bertz CT molecular complexity index is 878. The zero-order valence-corrected chi connectivity index (χ0v) is 13.4. The number of rotatable bonds is 3. The highest BCUT2D eigenvalue weighted by molar-refractivity contribution is 5.47. The van der Waals surface area contributed by atoms with Crippen molar-refractivity contribution in [2.75, 3.05) is 5.32 Å². The van der Waals surface area contributed by atoms with Crippen LogP contribution in [0.4, 0.5) is 19.0 Å². The quantitative estimate of drug-likeness (QED) is 0.788. The van der Waals surface area contributed by atoms with Crippen LogP contribution in [-0.4, -0.2) is 24.7 Å². The molecule has 0 amide bonds. The van der Waals surface area contributed by atoms with E-state index in [1.807, 2.05) is 6.92 Å². The van der Waals surface area contributed by atoms with Crippen LogP contribution in [0, 0.1) is 20.8 Å². The molecule has 24 heavy (non-hydrogen) atoms. The highest BCUT2D eigenvalue weighted by Crippen LogP contribution is 2.28. The van der Waals surface area contributed by atoms with Gasteiger partial charge in [0, 0.05) is 17.3 Å². The summed E-state index contributed by atoms with van der Waals surface area (Å²) in [5.74, 6) is -0.346. The highest BCUT2D eigenvalue weighted by Gasteiger charge is 2.37. The molecule has 3 aromatic rings. The molecular formula is C14H15F3N6O. The minimum Gasteiger partial charge on any atom is -0.363 e. The molecule has 0 spiro atoms. The summed E-state index contributed by atoms with van der Waals surface area (Å²) in [6.07, 6.45) is -4.63. The van der Waals surface area contributed by atoms with Gasteiger partial charge in [-0.1, -0.05) is 5.16 Å². The predicted octanol–water partition coefficient (Wildman–Crippen LogP) is 3.23. The lowest BCUT2D eigenvalue weighted by molar-refractivity contribution is -0.144. The molecule has 0 saturated heterocycles. The van der Waals surface area contributed by atoms with Crippen LogP contribution in [-0.2, 0) is 6.18 Å². The standard InChI is InChI=1S/C14H15F3N6O/c1-6-5-10(19-7(2)11-8(3)22-24-9(11)4)23-13(18-6)20-12(21-23)14(15,16)17/h5,7,19H,1-4H3. The van der Waals surface area contributed by atoms with Gasteiger partial charge in [-0.25, -0.2) is 4.98 Å². The van der Waals surface area contributed by atoms with Crippen LogP contribution in [0.25, 0.3) is 5.78 Å². The van der Waals surface area contributed by atoms with E-state index in [9.17, 15) is 13.2 Å². The average molecular weight is 340 g/mol. The Morgan fingerprint density at radius 1 is 1.21 bits per heavy atom. The molecule has 0 bridgehead atoms. The van der Waals surface area contributed by atoms with E-state index in [0.29, 0.717) is 23.0 Å². The molecule has 3 aromatic heterocycles. The van der Waals surface area contributed by atoms with E-state index in [0.717, 1.165) is 10.1 Å². The van der Waals surface area contributed by atoms with Crippen molar-refractivity contribution >= 4 is 11.6 Å². The van der Waals surface area contributed by atoms with Gasteiger partial charge in [-0.2, -0.15) is 22.7 Å². The lowest BCUT2D eigenvalue weighted by Crippen LogP contribution is -2.13. The first-order valence-corrected chi connectivity index (χ1v) is 7.17. The van der Waals surface area contributed by atoms with E-state index in [1.54, 1.807) is 26.8 Å². The molecule has 3 heterocycles. The smallest absolute Gasteiger partial charge is 0.363 e. The minimum absolute atomic E-state index is 0.115. The average Bonchev–Trinajstić information content (AvgIpc) is 3.02. The number of hydrogen-bond donors (Lipinski definition) is 1. The van der Waals surface area contributed by atoms with Crippen molar-refractivity contribution in [3.8, 4) is 0 Å². The van der Waals surface area contributed by atoms with Crippen LogP contribution in [0.2, 0.25) is 0 Å². The predicted molar refractivity (Wildman–Crippen MR) is 78.5 cm³/mol. The number of nitrogens with zero attached hydrogens (tertiary/aromatic N) is 5. The number of nitrogens with one attached hydrogen (secondary N) is 1. The summed E-state index contributed by atoms with van der Waals surface area (Å²) in [6.45, 7) is 7.11. The van der Waals surface area contributed by atoms with Gasteiger partial charge >= 0.3 is 6.18 Å². The molecule has 0 saturated carbocycles. The number of alkyl halides is 3. The first-order valence-electron chi connectivity index (χ1n) is 7.17. The summed E-state index contributed by atoms with van der Waals surface area (Å²) in [7, 11) is 0. The Kier molecular flexibility index (Phi) is 3.69. The van der Waals surface area contributed by atoms with Crippen LogP contribution < -0.4 is 5.32 Å². The molecule has 0 aliphatic carbocycles. The van der Waals surface area contributed by atoms with Crippen LogP contribution in [0.1, 0.15) is 41.5 Å². The van der Waals surface area contributed by atoms with E-state index in [2.05, 4.69) is 25.5 Å². The van der Waals surface area contributed by atoms with Gasteiger partial charge in [-0.15, -0.1) is 5.10 Å². The van der Waals surface area contributed by atoms with Gasteiger partial charge in [-0.3, -0.25) is 0 Å². The number of aryl methyl sites for hydroxylation is 3. The normalized spacial score (nSPS) is 13.5. The van der Waals surface area contributed by atoms with E-state index in [1.165, 1.54) is 0 Å². The van der Waals surface area contributed by atoms with Crippen molar-refractivity contribution < 1.29 is 17.7 Å². The molecule has 1 N–H and O–H groups in total. The van der Waals surface area contributed by atoms with E-state index < -0.39 is 12.0 Å². The Labute approximate surface area is 134 Å². The third-order valence-electron chi connectivity index (χ3n) is 3.58. The molecule has 0 aromatic carbocycles. The Balaban J connectivity index is 2.04. The van der Waals surface area contributed by atoms with Gasteiger partial charge in [0.2, 0.25) is 0 Å². The SMILES string of the molecule is Cc1cc(NC(C)c2c(C)noc2C)n2nc(C(F)(F)F)nc2n1. The van der Waals surface area contributed by atoms with Crippen LogP contribution in [0.5, 0.6) is 0 Å². The van der Waals surface area contributed by atoms with Crippen molar-refractivity contribution in [1.29, 1.82) is 0 Å². The van der Waals surface area contributed by atoms with Crippen molar-refractivity contribution in [3.63, 3.8) is 0 Å². The van der Waals surface area contributed by atoms with Crippen LogP contribution in [0.3, 0.4) is 0 Å². The van der Waals surface area contributed by atoms with Crippen molar-refractivity contribution in [2.24, 2.45) is 0 Å². The first-order chi connectivity index (χ1) is 11.2. The maximum atomic E-state index is 12.8. The summed E-state index contributed by atoms with van der Waals surface area (Å²) in [6, 6.07) is 1.36. The number of halogens is 3. The molecular weight excluding hydrogens is 325 g/mol. The molecule has 1 unspecified atom stereocenters. The van der Waals surface area contributed by atoms with Crippen molar-refractivity contribution in [3.05, 3.63) is 34.6 Å². The Morgan fingerprint density at radius 3 is 2.50 bits per heavy atom. The molecule has 0 fully saturated rings. The van der Waals surface area contributed by atoms with Gasteiger partial charge < -0.3 is 9.84 Å². The van der Waals surface area contributed by atoms with Gasteiger partial charge in [0.1, 0.15) is 11.6 Å². The van der Waals surface area contributed by atoms with Gasteiger partial charge in [-0.05, 0) is 27.7 Å². The van der Waals surface area contributed by atoms with Crippen LogP contribution in [0.15, 0.2) is 10.6 Å². The maximum absolute atomic E-state index is 12.8. The fourth-order valence-electron chi connectivity index (χ4n) is 2.61. The zero-order valence-electron chi connectivity index (χ0n) is 13.4. The molecule has 128 valence electrons. The summed E-state index contributed by atoms with van der Waals surface area (Å²) in [5.41, 5.74) is 2.08. The van der Waals surface area contributed by atoms with E-state index in [4.69, 9.17) is 4.52 Å². The second-order valence-corrected chi connectivity index (χ2v) is 5.53. The van der Waals surface area contributed by atoms with Crippen LogP contribution >= 0.6 is 0 Å². The molecule has 0 aliphatic rings. The first kappa shape index (κ1) is 16.2. The fraction of sp³-hybridized carbons (Fsp3) is 0.429. The Morgan fingerprint density at radius 2 is 1.92 bits per heavy atom. The lowest BCUT2D eigenvalue weighted by Gasteiger charge is -2.16. The maximum Gasteiger partial charge on any atom is 0.453 e. The summed E-state index contributed by atoms with van der Waals surface area (Å²) >= 11 is 0. The molecule has 0 aliphatic heterocycles. The zero-order chi connectivity index (χ0) is 17.6. The molecule has 0 radical (unpaired) electrons. The Hall–Kier alpha value is -2.65. The van der Waals surface area contributed by atoms with Crippen molar-refractivity contribution in [1.82, 2.24) is 24.7 Å². The number of aromatic nitrogens is 5. The number of hydrogen-bond acceptors (Lipinski definition) is 6. The number of fused-ring (bicyclic) bond motifs is 1. The van der Waals surface area contributed by atoms with Gasteiger partial charge in [0.25, 0.3) is 11.6 Å². The third-order valence-corrected chi connectivity index (χ3v) is 3.58. The summed E-state index contributed by atoms with van der Waals surface area (Å²) in [4.78, 5) is 7.45. The monoisotopic (exact) mass is 340 g/mol. The highest BCUT2D eigenvalue weighted by atomic mass is 19.4. The van der Waals surface area contributed by atoms with Crippen molar-refractivity contribution in [2.45, 2.75) is 39.9 Å². The summed E-state index contributed by atoms with van der Waals surface area (Å²) < 4.78 is 44.7. The molecule has 10 heteroatoms. The second-order valence-electron chi connectivity index (χ2n) is 5.53. The van der Waals surface area contributed by atoms with Gasteiger partial charge in [0.05, 0.1) is 11.7 Å². The van der Waals surface area contributed by atoms with E-state index >= 15 is 0 Å². The van der Waals surface area contributed by atoms with Gasteiger partial charge in [0.15, 0.2) is 0 Å².